The van der Waals surface area contributed by atoms with E-state index in [0.29, 0.717) is 11.0 Å². The summed E-state index contributed by atoms with van der Waals surface area (Å²) < 4.78 is 0. The average molecular weight is 272 g/mol. The van der Waals surface area contributed by atoms with Crippen molar-refractivity contribution in [3.05, 3.63) is 12.7 Å². The van der Waals surface area contributed by atoms with E-state index in [9.17, 15) is 9.59 Å². The Morgan fingerprint density at radius 1 is 1.44 bits per heavy atom. The molecular formula is C12H20N2O3S. The first-order chi connectivity index (χ1) is 8.63. The molecular weight excluding hydrogens is 252 g/mol. The molecule has 6 heteroatoms. The van der Waals surface area contributed by atoms with Gasteiger partial charge in [-0.15, -0.1) is 18.3 Å². The van der Waals surface area contributed by atoms with Gasteiger partial charge in [-0.05, 0) is 25.9 Å². The lowest BCUT2D eigenvalue weighted by atomic mass is 10.2. The maximum atomic E-state index is 11.9. The van der Waals surface area contributed by atoms with Crippen molar-refractivity contribution in [1.29, 1.82) is 0 Å². The number of amides is 1. The van der Waals surface area contributed by atoms with Crippen LogP contribution in [0, 0.1) is 0 Å². The minimum Gasteiger partial charge on any atom is -0.480 e. The largest absolute Gasteiger partial charge is 0.480 e. The number of carbonyl (C=O) groups is 2. The summed E-state index contributed by atoms with van der Waals surface area (Å²) in [7, 11) is 0. The lowest BCUT2D eigenvalue weighted by molar-refractivity contribution is -0.143. The van der Waals surface area contributed by atoms with Crippen LogP contribution in [0.4, 0.5) is 0 Å². The van der Waals surface area contributed by atoms with E-state index in [1.54, 1.807) is 17.8 Å². The van der Waals surface area contributed by atoms with Crippen molar-refractivity contribution in [1.82, 2.24) is 10.2 Å². The van der Waals surface area contributed by atoms with E-state index >= 15 is 0 Å². The van der Waals surface area contributed by atoms with Crippen molar-refractivity contribution in [2.75, 3.05) is 31.9 Å². The maximum absolute atomic E-state index is 11.9. The zero-order chi connectivity index (χ0) is 13.4. The quantitative estimate of drug-likeness (QED) is 0.663. The molecule has 1 rings (SSSR count). The van der Waals surface area contributed by atoms with Gasteiger partial charge in [-0.1, -0.05) is 6.08 Å². The Hall–Kier alpha value is -1.01. The molecule has 0 aliphatic carbocycles. The number of rotatable bonds is 7. The topological polar surface area (TPSA) is 69.6 Å². The minimum atomic E-state index is -0.989. The van der Waals surface area contributed by atoms with Gasteiger partial charge in [-0.25, -0.2) is 0 Å². The monoisotopic (exact) mass is 272 g/mol. The van der Waals surface area contributed by atoms with Gasteiger partial charge in [0.1, 0.15) is 6.54 Å². The molecule has 5 nitrogen and oxygen atoms in total. The molecule has 1 saturated heterocycles. The second-order valence-electron chi connectivity index (χ2n) is 4.22. The normalized spacial score (nSPS) is 16.2. The number of nitrogens with one attached hydrogen (secondary N) is 1. The van der Waals surface area contributed by atoms with Crippen LogP contribution in [-0.4, -0.2) is 59.1 Å². The molecule has 0 radical (unpaired) electrons. The number of piperidine rings is 1. The fraction of sp³-hybridized carbons (Fsp3) is 0.667. The Labute approximate surface area is 112 Å². The predicted molar refractivity (Wildman–Crippen MR) is 72.8 cm³/mol. The maximum Gasteiger partial charge on any atom is 0.323 e. The molecule has 1 heterocycles. The Balaban J connectivity index is 2.35. The van der Waals surface area contributed by atoms with Crippen LogP contribution in [0.2, 0.25) is 0 Å². The number of carboxylic acids is 1. The predicted octanol–water partition coefficient (Wildman–Crippen LogP) is 0.571. The summed E-state index contributed by atoms with van der Waals surface area (Å²) in [6.45, 7) is 5.57. The fourth-order valence-electron chi connectivity index (χ4n) is 1.82. The third kappa shape index (κ3) is 5.55. The van der Waals surface area contributed by atoms with E-state index in [-0.39, 0.29) is 19.0 Å². The van der Waals surface area contributed by atoms with Gasteiger partial charge < -0.3 is 15.3 Å². The van der Waals surface area contributed by atoms with Crippen LogP contribution in [0.5, 0.6) is 0 Å². The average Bonchev–Trinajstić information content (AvgIpc) is 2.36. The summed E-state index contributed by atoms with van der Waals surface area (Å²) >= 11 is 1.63. The van der Waals surface area contributed by atoms with Gasteiger partial charge in [-0.3, -0.25) is 9.59 Å². The first-order valence-corrected chi connectivity index (χ1v) is 7.11. The third-order valence-corrected chi connectivity index (χ3v) is 4.11. The summed E-state index contributed by atoms with van der Waals surface area (Å²) in [5.74, 6) is -0.760. The molecule has 0 saturated carbocycles. The van der Waals surface area contributed by atoms with Gasteiger partial charge in [-0.2, -0.15) is 0 Å². The van der Waals surface area contributed by atoms with E-state index in [1.807, 2.05) is 0 Å². The van der Waals surface area contributed by atoms with E-state index in [4.69, 9.17) is 5.11 Å². The van der Waals surface area contributed by atoms with Gasteiger partial charge in [0.05, 0.1) is 5.75 Å². The number of thioether (sulfide) groups is 1. The summed E-state index contributed by atoms with van der Waals surface area (Å²) in [6.07, 6.45) is 3.69. The molecule has 18 heavy (non-hydrogen) atoms. The second kappa shape index (κ2) is 8.16. The molecule has 0 spiro atoms. The van der Waals surface area contributed by atoms with Crippen LogP contribution < -0.4 is 5.32 Å². The molecule has 102 valence electrons. The summed E-state index contributed by atoms with van der Waals surface area (Å²) in [4.78, 5) is 23.9. The second-order valence-corrected chi connectivity index (χ2v) is 5.51. The highest BCUT2D eigenvalue weighted by Gasteiger charge is 2.19. The van der Waals surface area contributed by atoms with Crippen molar-refractivity contribution in [2.45, 2.75) is 18.1 Å². The summed E-state index contributed by atoms with van der Waals surface area (Å²) in [5.41, 5.74) is 0. The van der Waals surface area contributed by atoms with Crippen molar-refractivity contribution in [3.8, 4) is 0 Å². The molecule has 0 bridgehead atoms. The molecule has 1 aliphatic rings. The Kier molecular flexibility index (Phi) is 6.82. The van der Waals surface area contributed by atoms with Gasteiger partial charge >= 0.3 is 5.97 Å². The number of aliphatic carboxylic acids is 1. The SMILES string of the molecule is C=CCN(CC(=O)O)C(=O)CSC1CCNCC1. The molecule has 0 aromatic heterocycles. The molecule has 1 fully saturated rings. The van der Waals surface area contributed by atoms with E-state index in [0.717, 1.165) is 25.9 Å². The van der Waals surface area contributed by atoms with Gasteiger partial charge in [0.2, 0.25) is 5.91 Å². The van der Waals surface area contributed by atoms with Crippen molar-refractivity contribution < 1.29 is 14.7 Å². The fourth-order valence-corrected chi connectivity index (χ4v) is 2.95. The third-order valence-electron chi connectivity index (χ3n) is 2.76. The first-order valence-electron chi connectivity index (χ1n) is 6.06. The number of carbonyl (C=O) groups excluding carboxylic acids is 1. The lowest BCUT2D eigenvalue weighted by Crippen LogP contribution is -2.37. The summed E-state index contributed by atoms with van der Waals surface area (Å²) in [6, 6.07) is 0. The number of nitrogens with zero attached hydrogens (tertiary/aromatic N) is 1. The van der Waals surface area contributed by atoms with Crippen molar-refractivity contribution >= 4 is 23.6 Å². The zero-order valence-electron chi connectivity index (χ0n) is 10.4. The number of hydrogen-bond acceptors (Lipinski definition) is 4. The molecule has 1 aliphatic heterocycles. The Morgan fingerprint density at radius 2 is 2.11 bits per heavy atom. The van der Waals surface area contributed by atoms with Gasteiger partial charge in [0, 0.05) is 11.8 Å². The molecule has 0 aromatic rings. The van der Waals surface area contributed by atoms with Crippen LogP contribution >= 0.6 is 11.8 Å². The molecule has 1 amide bonds. The highest BCUT2D eigenvalue weighted by Crippen LogP contribution is 2.20. The highest BCUT2D eigenvalue weighted by molar-refractivity contribution is 8.00. The van der Waals surface area contributed by atoms with E-state index in [1.165, 1.54) is 4.90 Å². The van der Waals surface area contributed by atoms with E-state index in [2.05, 4.69) is 11.9 Å². The van der Waals surface area contributed by atoms with Crippen molar-refractivity contribution in [3.63, 3.8) is 0 Å². The van der Waals surface area contributed by atoms with Crippen LogP contribution in [0.3, 0.4) is 0 Å². The minimum absolute atomic E-state index is 0.124. The number of hydrogen-bond donors (Lipinski definition) is 2. The molecule has 0 aromatic carbocycles. The van der Waals surface area contributed by atoms with Crippen LogP contribution in [0.15, 0.2) is 12.7 Å². The zero-order valence-corrected chi connectivity index (χ0v) is 11.2. The lowest BCUT2D eigenvalue weighted by Gasteiger charge is -2.24. The van der Waals surface area contributed by atoms with Gasteiger partial charge in [0.25, 0.3) is 0 Å². The van der Waals surface area contributed by atoms with Crippen LogP contribution in [0.1, 0.15) is 12.8 Å². The smallest absolute Gasteiger partial charge is 0.323 e. The molecule has 0 atom stereocenters. The Morgan fingerprint density at radius 3 is 2.67 bits per heavy atom. The Bertz CT molecular complexity index is 304. The highest BCUT2D eigenvalue weighted by atomic mass is 32.2. The van der Waals surface area contributed by atoms with Crippen molar-refractivity contribution in [2.24, 2.45) is 0 Å². The standard InChI is InChI=1S/C12H20N2O3S/c1-2-7-14(8-12(16)17)11(15)9-18-10-3-5-13-6-4-10/h2,10,13H,1,3-9H2,(H,16,17). The summed E-state index contributed by atoms with van der Waals surface area (Å²) in [5, 5.41) is 12.5. The van der Waals surface area contributed by atoms with Gasteiger partial charge in [0.15, 0.2) is 0 Å². The number of carboxylic acid groups (broad SMARTS) is 1. The van der Waals surface area contributed by atoms with E-state index < -0.39 is 5.97 Å². The molecule has 0 unspecified atom stereocenters. The van der Waals surface area contributed by atoms with Crippen LogP contribution in [0.25, 0.3) is 0 Å². The molecule has 2 N–H and O–H groups in total. The van der Waals surface area contributed by atoms with Crippen LogP contribution in [-0.2, 0) is 9.59 Å². The first kappa shape index (κ1) is 15.0.